The van der Waals surface area contributed by atoms with Crippen LogP contribution in [0, 0.1) is 0 Å². The summed E-state index contributed by atoms with van der Waals surface area (Å²) < 4.78 is 63.3. The Morgan fingerprint density at radius 3 is 2.41 bits per heavy atom. The Bertz CT molecular complexity index is 701. The van der Waals surface area contributed by atoms with Crippen LogP contribution in [-0.2, 0) is 21.0 Å². The van der Waals surface area contributed by atoms with Crippen molar-refractivity contribution in [3.8, 4) is 0 Å². The number of anilines is 1. The summed E-state index contributed by atoms with van der Waals surface area (Å²) in [6.45, 7) is -0.986. The van der Waals surface area contributed by atoms with Crippen molar-refractivity contribution in [1.82, 2.24) is 0 Å². The van der Waals surface area contributed by atoms with Gasteiger partial charge in [-0.15, -0.1) is 0 Å². The van der Waals surface area contributed by atoms with E-state index in [0.717, 1.165) is 6.07 Å². The van der Waals surface area contributed by atoms with E-state index in [0.29, 0.717) is 29.3 Å². The second-order valence-electron chi connectivity index (χ2n) is 4.81. The number of alkyl halides is 3. The molecule has 0 saturated heterocycles. The maximum atomic E-state index is 12.8. The van der Waals surface area contributed by atoms with E-state index in [1.165, 1.54) is 0 Å². The zero-order chi connectivity index (χ0) is 16.7. The molecule has 0 bridgehead atoms. The first-order chi connectivity index (χ1) is 10.0. The van der Waals surface area contributed by atoms with E-state index in [2.05, 4.69) is 0 Å². The highest BCUT2D eigenvalue weighted by Crippen LogP contribution is 2.39. The van der Waals surface area contributed by atoms with E-state index in [1.54, 1.807) is 0 Å². The molecule has 0 spiro atoms. The molecule has 0 heterocycles. The lowest BCUT2D eigenvalue weighted by atomic mass is 10.2. The lowest BCUT2D eigenvalue weighted by Crippen LogP contribution is -2.38. The summed E-state index contributed by atoms with van der Waals surface area (Å²) in [6, 6.07) is 2.15. The van der Waals surface area contributed by atoms with E-state index in [-0.39, 0.29) is 5.02 Å². The van der Waals surface area contributed by atoms with Gasteiger partial charge in [-0.05, 0) is 31.0 Å². The fourth-order valence-electron chi connectivity index (χ4n) is 1.86. The monoisotopic (exact) mass is 357 g/mol. The number of nitrogens with zero attached hydrogens (tertiary/aromatic N) is 1. The van der Waals surface area contributed by atoms with Crippen LogP contribution in [0.3, 0.4) is 0 Å². The van der Waals surface area contributed by atoms with Gasteiger partial charge < -0.3 is 5.11 Å². The highest BCUT2D eigenvalue weighted by molar-refractivity contribution is 7.93. The zero-order valence-electron chi connectivity index (χ0n) is 11.0. The number of sulfonamides is 1. The SMILES string of the molecule is O=C(O)CN(c1cc(C(F)(F)F)ccc1Cl)S(=O)(=O)C1CC1. The van der Waals surface area contributed by atoms with E-state index in [9.17, 15) is 26.4 Å². The molecule has 10 heteroatoms. The number of carbonyl (C=O) groups is 1. The van der Waals surface area contributed by atoms with Crippen molar-refractivity contribution in [3.05, 3.63) is 28.8 Å². The molecule has 0 aliphatic heterocycles. The molecule has 2 rings (SSSR count). The molecule has 0 atom stereocenters. The van der Waals surface area contributed by atoms with Gasteiger partial charge in [-0.1, -0.05) is 11.6 Å². The molecule has 1 fully saturated rings. The Morgan fingerprint density at radius 2 is 1.95 bits per heavy atom. The molecule has 1 aliphatic rings. The number of hydrogen-bond donors (Lipinski definition) is 1. The van der Waals surface area contributed by atoms with Crippen LogP contribution in [0.15, 0.2) is 18.2 Å². The van der Waals surface area contributed by atoms with Gasteiger partial charge in [0.05, 0.1) is 21.5 Å². The number of carboxylic acids is 1. The Labute approximate surface area is 129 Å². The predicted molar refractivity (Wildman–Crippen MR) is 73.4 cm³/mol. The standard InChI is InChI=1S/C12H11ClF3NO4S/c13-9-4-1-7(12(14,15)16)5-10(9)17(6-11(18)19)22(20,21)8-2-3-8/h1,4-5,8H,2-3,6H2,(H,18,19). The third kappa shape index (κ3) is 3.46. The summed E-state index contributed by atoms with van der Waals surface area (Å²) in [5, 5.41) is 7.81. The van der Waals surface area contributed by atoms with E-state index in [1.807, 2.05) is 0 Å². The number of benzene rings is 1. The molecular weight excluding hydrogens is 347 g/mol. The van der Waals surface area contributed by atoms with Crippen LogP contribution in [-0.4, -0.2) is 31.3 Å². The topological polar surface area (TPSA) is 74.7 Å². The van der Waals surface area contributed by atoms with Gasteiger partial charge in [0.15, 0.2) is 0 Å². The Morgan fingerprint density at radius 1 is 1.36 bits per heavy atom. The molecule has 1 aliphatic carbocycles. The number of hydrogen-bond acceptors (Lipinski definition) is 3. The third-order valence-electron chi connectivity index (χ3n) is 3.07. The molecule has 0 radical (unpaired) electrons. The molecule has 1 aromatic carbocycles. The molecule has 0 unspecified atom stereocenters. The van der Waals surface area contributed by atoms with Crippen LogP contribution >= 0.6 is 11.6 Å². The normalized spacial score (nSPS) is 15.6. The number of halogens is 4. The first-order valence-electron chi connectivity index (χ1n) is 6.13. The van der Waals surface area contributed by atoms with Gasteiger partial charge >= 0.3 is 12.1 Å². The van der Waals surface area contributed by atoms with Crippen LogP contribution in [0.1, 0.15) is 18.4 Å². The van der Waals surface area contributed by atoms with Crippen molar-refractivity contribution >= 4 is 33.3 Å². The Kier molecular flexibility index (Phi) is 4.31. The van der Waals surface area contributed by atoms with E-state index >= 15 is 0 Å². The van der Waals surface area contributed by atoms with Gasteiger partial charge in [0.2, 0.25) is 10.0 Å². The van der Waals surface area contributed by atoms with Gasteiger partial charge in [-0.3, -0.25) is 9.10 Å². The molecule has 1 aromatic rings. The van der Waals surface area contributed by atoms with Crippen LogP contribution in [0.2, 0.25) is 5.02 Å². The van der Waals surface area contributed by atoms with Crippen LogP contribution < -0.4 is 4.31 Å². The molecule has 1 saturated carbocycles. The number of carboxylic acid groups (broad SMARTS) is 1. The molecule has 0 aromatic heterocycles. The van der Waals surface area contributed by atoms with Gasteiger partial charge in [0.25, 0.3) is 0 Å². The second-order valence-corrected chi connectivity index (χ2v) is 7.35. The minimum absolute atomic E-state index is 0.265. The van der Waals surface area contributed by atoms with Gasteiger partial charge in [0.1, 0.15) is 6.54 Å². The quantitative estimate of drug-likeness (QED) is 0.879. The summed E-state index contributed by atoms with van der Waals surface area (Å²) in [5.41, 5.74) is -1.58. The minimum Gasteiger partial charge on any atom is -0.480 e. The minimum atomic E-state index is -4.70. The third-order valence-corrected chi connectivity index (χ3v) is 5.65. The van der Waals surface area contributed by atoms with Crippen LogP contribution in [0.4, 0.5) is 18.9 Å². The smallest absolute Gasteiger partial charge is 0.416 e. The first-order valence-corrected chi connectivity index (χ1v) is 8.01. The molecule has 5 nitrogen and oxygen atoms in total. The molecular formula is C12H11ClF3NO4S. The second kappa shape index (κ2) is 5.62. The Balaban J connectivity index is 2.54. The average molecular weight is 358 g/mol. The fraction of sp³-hybridized carbons (Fsp3) is 0.417. The summed E-state index contributed by atoms with van der Waals surface area (Å²) in [5.74, 6) is -1.49. The van der Waals surface area contributed by atoms with Crippen molar-refractivity contribution in [2.24, 2.45) is 0 Å². The molecule has 0 amide bonds. The number of rotatable bonds is 5. The lowest BCUT2D eigenvalue weighted by molar-refractivity contribution is -0.137. The van der Waals surface area contributed by atoms with Crippen LogP contribution in [0.25, 0.3) is 0 Å². The maximum absolute atomic E-state index is 12.8. The summed E-state index contributed by atoms with van der Waals surface area (Å²) >= 11 is 5.79. The Hall–Kier alpha value is -1.48. The van der Waals surface area contributed by atoms with E-state index in [4.69, 9.17) is 16.7 Å². The van der Waals surface area contributed by atoms with Gasteiger partial charge in [-0.2, -0.15) is 13.2 Å². The highest BCUT2D eigenvalue weighted by Gasteiger charge is 2.42. The summed E-state index contributed by atoms with van der Waals surface area (Å²) in [7, 11) is -4.06. The lowest BCUT2D eigenvalue weighted by Gasteiger charge is -2.24. The molecule has 122 valence electrons. The highest BCUT2D eigenvalue weighted by atomic mass is 35.5. The van der Waals surface area contributed by atoms with Crippen LogP contribution in [0.5, 0.6) is 0 Å². The fourth-order valence-corrected chi connectivity index (χ4v) is 3.94. The molecule has 22 heavy (non-hydrogen) atoms. The van der Waals surface area contributed by atoms with Crippen molar-refractivity contribution in [3.63, 3.8) is 0 Å². The maximum Gasteiger partial charge on any atom is 0.416 e. The number of aliphatic carboxylic acids is 1. The zero-order valence-corrected chi connectivity index (χ0v) is 12.5. The summed E-state index contributed by atoms with van der Waals surface area (Å²) in [4.78, 5) is 10.9. The van der Waals surface area contributed by atoms with Gasteiger partial charge in [-0.25, -0.2) is 8.42 Å². The van der Waals surface area contributed by atoms with E-state index < -0.39 is 45.2 Å². The van der Waals surface area contributed by atoms with Gasteiger partial charge in [0, 0.05) is 0 Å². The van der Waals surface area contributed by atoms with Crippen molar-refractivity contribution in [2.45, 2.75) is 24.3 Å². The average Bonchev–Trinajstić information content (AvgIpc) is 3.19. The largest absolute Gasteiger partial charge is 0.480 e. The summed E-state index contributed by atoms with van der Waals surface area (Å²) in [6.07, 6.45) is -4.01. The molecule has 1 N–H and O–H groups in total. The van der Waals surface area contributed by atoms with Crippen molar-refractivity contribution in [1.29, 1.82) is 0 Å². The van der Waals surface area contributed by atoms with Crippen molar-refractivity contribution in [2.75, 3.05) is 10.8 Å². The predicted octanol–water partition coefficient (Wildman–Crippen LogP) is 2.74. The first kappa shape index (κ1) is 16.9. The van der Waals surface area contributed by atoms with Crippen molar-refractivity contribution < 1.29 is 31.5 Å².